The summed E-state index contributed by atoms with van der Waals surface area (Å²) in [4.78, 5) is 77.7. The summed E-state index contributed by atoms with van der Waals surface area (Å²) in [6.45, 7) is 3.39. The van der Waals surface area contributed by atoms with Crippen molar-refractivity contribution in [2.75, 3.05) is 70.8 Å². The lowest BCUT2D eigenvalue weighted by molar-refractivity contribution is -0.139. The van der Waals surface area contributed by atoms with Crippen LogP contribution in [0, 0.1) is 0 Å². The van der Waals surface area contributed by atoms with Crippen molar-refractivity contribution in [3.63, 3.8) is 0 Å². The Morgan fingerprint density at radius 3 is 2.28 bits per heavy atom. The number of amides is 3. The average molecular weight is 792 g/mol. The molecule has 3 fully saturated rings. The van der Waals surface area contributed by atoms with Gasteiger partial charge in [-0.3, -0.25) is 38.5 Å². The number of fused-ring (bicyclic) bond motifs is 2. The SMILES string of the molecule is COc1cc(-c2cn(C)c(=O)c3cnc(N(C)C)cc23)cc(OC)c1CN1CCN(C2CCN(c3cccc4c3n(C)c(=O)n4C3CCC(=O)NC3=O)CC2)C(=O)C1. The molecule has 0 saturated carbocycles. The van der Waals surface area contributed by atoms with E-state index in [9.17, 15) is 24.0 Å². The summed E-state index contributed by atoms with van der Waals surface area (Å²) in [5.74, 6) is 1.28. The first-order valence-electron chi connectivity index (χ1n) is 19.6. The van der Waals surface area contributed by atoms with Crippen molar-refractivity contribution in [1.82, 2.24) is 33.8 Å². The molecular formula is C42H49N9O7. The van der Waals surface area contributed by atoms with Crippen molar-refractivity contribution in [3.8, 4) is 22.6 Å². The topological polar surface area (TPSA) is 156 Å². The number of carbonyl (C=O) groups excluding carboxylic acids is 3. The van der Waals surface area contributed by atoms with Crippen LogP contribution in [0.5, 0.6) is 11.5 Å². The highest BCUT2D eigenvalue weighted by atomic mass is 16.5. The van der Waals surface area contributed by atoms with Gasteiger partial charge in [0.15, 0.2) is 0 Å². The summed E-state index contributed by atoms with van der Waals surface area (Å²) in [6, 6.07) is 10.9. The number of methoxy groups -OCH3 is 2. The molecule has 3 aliphatic rings. The molecule has 5 aromatic rings. The van der Waals surface area contributed by atoms with Gasteiger partial charge in [0, 0.05) is 96.7 Å². The number of aryl methyl sites for hydroxylation is 2. The van der Waals surface area contributed by atoms with Crippen molar-refractivity contribution < 1.29 is 23.9 Å². The Kier molecular flexibility index (Phi) is 10.2. The minimum atomic E-state index is -0.747. The lowest BCUT2D eigenvalue weighted by Crippen LogP contribution is -2.56. The average Bonchev–Trinajstić information content (AvgIpc) is 3.47. The number of hydrogen-bond acceptors (Lipinski definition) is 11. The third kappa shape index (κ3) is 6.74. The lowest BCUT2D eigenvalue weighted by atomic mass is 9.98. The number of para-hydroxylation sites is 1. The maximum absolute atomic E-state index is 13.8. The maximum atomic E-state index is 13.8. The highest BCUT2D eigenvalue weighted by Gasteiger charge is 2.35. The molecule has 58 heavy (non-hydrogen) atoms. The quantitative estimate of drug-likeness (QED) is 0.219. The molecule has 16 heteroatoms. The number of imide groups is 1. The Bertz CT molecular complexity index is 2560. The smallest absolute Gasteiger partial charge is 0.329 e. The number of hydrogen-bond donors (Lipinski definition) is 1. The van der Waals surface area contributed by atoms with E-state index in [2.05, 4.69) is 20.1 Å². The van der Waals surface area contributed by atoms with Crippen LogP contribution >= 0.6 is 0 Å². The molecule has 0 aliphatic carbocycles. The van der Waals surface area contributed by atoms with Crippen LogP contribution in [0.2, 0.25) is 0 Å². The van der Waals surface area contributed by atoms with Crippen molar-refractivity contribution in [1.29, 1.82) is 0 Å². The molecular weight excluding hydrogens is 743 g/mol. The van der Waals surface area contributed by atoms with Gasteiger partial charge in [0.25, 0.3) is 5.56 Å². The Labute approximate surface area is 335 Å². The van der Waals surface area contributed by atoms with E-state index in [0.717, 1.165) is 51.9 Å². The largest absolute Gasteiger partial charge is 0.496 e. The standard InChI is InChI=1S/C42H49N9O7/c1-45(2)36-20-27-28(21-43-36)41(55)46(3)22-29(27)25-18-34(57-5)30(35(19-25)58-6)23-48-16-17-50(38(53)24-48)26-12-14-49(15-13-26)31-8-7-9-32-39(31)47(4)42(56)51(32)33-10-11-37(52)44-40(33)54/h7-9,18-22,26,33H,10-17,23-24H2,1-6H3,(H,44,52,54). The zero-order valence-electron chi connectivity index (χ0n) is 33.8. The van der Waals surface area contributed by atoms with Gasteiger partial charge in [-0.1, -0.05) is 6.07 Å². The van der Waals surface area contributed by atoms with Crippen LogP contribution in [-0.2, 0) is 35.0 Å². The first-order chi connectivity index (χ1) is 27.9. The summed E-state index contributed by atoms with van der Waals surface area (Å²) < 4.78 is 16.6. The van der Waals surface area contributed by atoms with Gasteiger partial charge >= 0.3 is 5.69 Å². The van der Waals surface area contributed by atoms with E-state index in [1.165, 1.54) is 4.57 Å². The first-order valence-corrected chi connectivity index (χ1v) is 19.6. The number of anilines is 2. The number of nitrogens with one attached hydrogen (secondary N) is 1. The molecule has 0 bridgehead atoms. The molecule has 1 unspecified atom stereocenters. The number of imidazole rings is 1. The van der Waals surface area contributed by atoms with E-state index in [0.29, 0.717) is 55.1 Å². The molecule has 3 aromatic heterocycles. The predicted octanol–water partition coefficient (Wildman–Crippen LogP) is 2.63. The second kappa shape index (κ2) is 15.3. The zero-order chi connectivity index (χ0) is 41.0. The van der Waals surface area contributed by atoms with Crippen LogP contribution < -0.4 is 35.8 Å². The molecule has 1 N–H and O–H groups in total. The van der Waals surface area contributed by atoms with E-state index in [4.69, 9.17) is 9.47 Å². The second-order valence-electron chi connectivity index (χ2n) is 15.6. The van der Waals surface area contributed by atoms with Gasteiger partial charge < -0.3 is 28.7 Å². The van der Waals surface area contributed by atoms with Crippen LogP contribution in [0.3, 0.4) is 0 Å². The van der Waals surface area contributed by atoms with E-state index >= 15 is 0 Å². The molecule has 0 spiro atoms. The van der Waals surface area contributed by atoms with Crippen LogP contribution in [0.15, 0.2) is 58.4 Å². The molecule has 304 valence electrons. The van der Waals surface area contributed by atoms with E-state index in [-0.39, 0.29) is 48.5 Å². The van der Waals surface area contributed by atoms with E-state index in [1.54, 1.807) is 43.6 Å². The third-order valence-electron chi connectivity index (χ3n) is 12.0. The number of pyridine rings is 2. The normalized spacial score (nSPS) is 18.3. The Morgan fingerprint density at radius 1 is 0.897 bits per heavy atom. The van der Waals surface area contributed by atoms with Crippen molar-refractivity contribution >= 4 is 51.0 Å². The van der Waals surface area contributed by atoms with Gasteiger partial charge in [-0.2, -0.15) is 0 Å². The van der Waals surface area contributed by atoms with Crippen molar-refractivity contribution in [2.24, 2.45) is 14.1 Å². The van der Waals surface area contributed by atoms with Gasteiger partial charge in [-0.05, 0) is 55.2 Å². The molecule has 1 atom stereocenters. The van der Waals surface area contributed by atoms with Crippen LogP contribution in [-0.4, -0.2) is 113 Å². The van der Waals surface area contributed by atoms with Crippen molar-refractivity contribution in [2.45, 2.75) is 44.3 Å². The van der Waals surface area contributed by atoms with E-state index < -0.39 is 11.9 Å². The number of piperidine rings is 2. The van der Waals surface area contributed by atoms with Crippen LogP contribution in [0.4, 0.5) is 11.5 Å². The minimum absolute atomic E-state index is 0.0760. The molecule has 3 amide bonds. The van der Waals surface area contributed by atoms with Gasteiger partial charge in [-0.15, -0.1) is 0 Å². The lowest BCUT2D eigenvalue weighted by Gasteiger charge is -2.43. The summed E-state index contributed by atoms with van der Waals surface area (Å²) in [5, 5.41) is 3.67. The number of nitrogens with zero attached hydrogens (tertiary/aromatic N) is 8. The Hall–Kier alpha value is -6.16. The summed E-state index contributed by atoms with van der Waals surface area (Å²) in [6.07, 6.45) is 5.46. The number of ether oxygens (including phenoxy) is 2. The Morgan fingerprint density at radius 2 is 1.62 bits per heavy atom. The molecule has 6 heterocycles. The monoisotopic (exact) mass is 791 g/mol. The summed E-state index contributed by atoms with van der Waals surface area (Å²) >= 11 is 0. The number of carbonyl (C=O) groups is 3. The highest BCUT2D eigenvalue weighted by Crippen LogP contribution is 2.39. The minimum Gasteiger partial charge on any atom is -0.496 e. The predicted molar refractivity (Wildman–Crippen MR) is 221 cm³/mol. The zero-order valence-corrected chi connectivity index (χ0v) is 33.8. The fraction of sp³-hybridized carbons (Fsp3) is 0.429. The van der Waals surface area contributed by atoms with E-state index in [1.807, 2.05) is 66.5 Å². The molecule has 3 aliphatic heterocycles. The number of rotatable bonds is 9. The summed E-state index contributed by atoms with van der Waals surface area (Å²) in [7, 11) is 10.5. The van der Waals surface area contributed by atoms with Gasteiger partial charge in [0.05, 0.1) is 48.4 Å². The first kappa shape index (κ1) is 38.7. The molecule has 2 aromatic carbocycles. The fourth-order valence-electron chi connectivity index (χ4n) is 8.92. The Balaban J connectivity index is 0.965. The highest BCUT2D eigenvalue weighted by molar-refractivity contribution is 6.01. The maximum Gasteiger partial charge on any atom is 0.329 e. The molecule has 3 saturated heterocycles. The summed E-state index contributed by atoms with van der Waals surface area (Å²) in [5.41, 5.74) is 4.39. The van der Waals surface area contributed by atoms with Gasteiger partial charge in [0.1, 0.15) is 23.4 Å². The number of benzene rings is 2. The van der Waals surface area contributed by atoms with Gasteiger partial charge in [0.2, 0.25) is 17.7 Å². The molecule has 8 rings (SSSR count). The van der Waals surface area contributed by atoms with Gasteiger partial charge in [-0.25, -0.2) is 9.78 Å². The third-order valence-corrected chi connectivity index (χ3v) is 12.0. The number of aromatic nitrogens is 4. The van der Waals surface area contributed by atoms with Crippen LogP contribution in [0.25, 0.3) is 32.9 Å². The molecule has 0 radical (unpaired) electrons. The number of piperazine rings is 1. The fourth-order valence-corrected chi connectivity index (χ4v) is 8.92. The molecule has 16 nitrogen and oxygen atoms in total. The second-order valence-corrected chi connectivity index (χ2v) is 15.6. The van der Waals surface area contributed by atoms with Crippen LogP contribution in [0.1, 0.15) is 37.3 Å². The van der Waals surface area contributed by atoms with Crippen molar-refractivity contribution in [3.05, 3.63) is 75.2 Å².